The van der Waals surface area contributed by atoms with Crippen LogP contribution in [0, 0.1) is 34.6 Å². The molecule has 15 aromatic carbocycles. The van der Waals surface area contributed by atoms with Gasteiger partial charge in [-0.1, -0.05) is 408 Å². The molecule has 0 N–H and O–H groups in total. The van der Waals surface area contributed by atoms with Crippen LogP contribution in [0.4, 0.5) is 0 Å². The molecule has 0 unspecified atom stereocenters. The zero-order valence-corrected chi connectivity index (χ0v) is 66.8. The Bertz CT molecular complexity index is 6030. The van der Waals surface area contributed by atoms with Gasteiger partial charge in [-0.2, -0.15) is 0 Å². The number of hydrogen-bond acceptors (Lipinski definition) is 0. The third-order valence-electron chi connectivity index (χ3n) is 25.0. The topological polar surface area (TPSA) is 0 Å². The first kappa shape index (κ1) is 72.5. The normalized spacial score (nSPS) is 14.5. The van der Waals surface area contributed by atoms with Crippen LogP contribution in [0.1, 0.15) is 153 Å². The van der Waals surface area contributed by atoms with E-state index in [0.29, 0.717) is 0 Å². The number of fused-ring (bicyclic) bond motifs is 15. The summed E-state index contributed by atoms with van der Waals surface area (Å²) in [7, 11) is 0. The van der Waals surface area contributed by atoms with Gasteiger partial charge in [0.1, 0.15) is 0 Å². The molecule has 0 heteroatoms. The van der Waals surface area contributed by atoms with Crippen molar-refractivity contribution >= 4 is 0 Å². The van der Waals surface area contributed by atoms with Gasteiger partial charge in [0.2, 0.25) is 0 Å². The lowest BCUT2D eigenvalue weighted by Gasteiger charge is -2.24. The molecule has 0 spiro atoms. The highest BCUT2D eigenvalue weighted by atomic mass is 14.4. The summed E-state index contributed by atoms with van der Waals surface area (Å²) >= 11 is 0. The zero-order valence-electron chi connectivity index (χ0n) is 66.8. The Morgan fingerprint density at radius 1 is 0.155 bits per heavy atom. The molecule has 20 rings (SSSR count). The van der Waals surface area contributed by atoms with Gasteiger partial charge in [0, 0.05) is 27.1 Å². The van der Waals surface area contributed by atoms with Crippen molar-refractivity contribution in [1.82, 2.24) is 0 Å². The van der Waals surface area contributed by atoms with Gasteiger partial charge in [0.25, 0.3) is 0 Å². The summed E-state index contributed by atoms with van der Waals surface area (Å²) in [5, 5.41) is 0. The molecule has 0 saturated heterocycles. The van der Waals surface area contributed by atoms with Gasteiger partial charge in [0.15, 0.2) is 0 Å². The predicted octanol–water partition coefficient (Wildman–Crippen LogP) is 29.8. The Morgan fingerprint density at radius 3 is 0.964 bits per heavy atom. The maximum absolute atomic E-state index is 2.39. The van der Waals surface area contributed by atoms with Gasteiger partial charge in [-0.25, -0.2) is 0 Å². The second-order valence-corrected chi connectivity index (χ2v) is 33.7. The smallest absolute Gasteiger partial charge is 0.0161 e. The Morgan fingerprint density at radius 2 is 0.464 bits per heavy atom. The zero-order chi connectivity index (χ0) is 76.6. The summed E-state index contributed by atoms with van der Waals surface area (Å²) in [4.78, 5) is 0. The first-order chi connectivity index (χ1) is 53.0. The summed E-state index contributed by atoms with van der Waals surface area (Å²) < 4.78 is 0. The minimum Gasteiger partial charge on any atom is -0.0622 e. The molecule has 0 bridgehead atoms. The van der Waals surface area contributed by atoms with E-state index < -0.39 is 0 Å². The van der Waals surface area contributed by atoms with Gasteiger partial charge >= 0.3 is 0 Å². The van der Waals surface area contributed by atoms with Crippen LogP contribution in [0.5, 0.6) is 0 Å². The van der Waals surface area contributed by atoms with E-state index in [1.165, 1.54) is 195 Å². The van der Waals surface area contributed by atoms with Crippen molar-refractivity contribution in [3.8, 4) is 111 Å². The molecule has 540 valence electrons. The van der Waals surface area contributed by atoms with Crippen LogP contribution in [-0.4, -0.2) is 0 Å². The molecule has 15 aromatic rings. The summed E-state index contributed by atoms with van der Waals surface area (Å²) in [5.41, 5.74) is 48.7. The number of aryl methyl sites for hydroxylation is 5. The van der Waals surface area contributed by atoms with Crippen molar-refractivity contribution in [2.75, 3.05) is 0 Å². The monoisotopic (exact) mass is 1420 g/mol. The van der Waals surface area contributed by atoms with E-state index in [1.54, 1.807) is 0 Å². The maximum atomic E-state index is 2.39. The average molecular weight is 1420 g/mol. The maximum Gasteiger partial charge on any atom is 0.0161 e. The molecule has 0 saturated carbocycles. The molecule has 0 fully saturated rings. The molecular weight excluding hydrogens is 1320 g/mol. The summed E-state index contributed by atoms with van der Waals surface area (Å²) in [5.74, 6) is 0. The summed E-state index contributed by atoms with van der Waals surface area (Å²) in [6.45, 7) is 34.3. The van der Waals surface area contributed by atoms with Crippen molar-refractivity contribution in [3.63, 3.8) is 0 Å². The molecule has 0 heterocycles. The Labute approximate surface area is 655 Å². The number of rotatable bonds is 5. The summed E-state index contributed by atoms with van der Waals surface area (Å²) in [6, 6.07) is 122. The molecular formula is C110H100. The number of hydrogen-bond donors (Lipinski definition) is 0. The van der Waals surface area contributed by atoms with Crippen LogP contribution in [0.15, 0.2) is 334 Å². The third kappa shape index (κ3) is 12.4. The van der Waals surface area contributed by atoms with Crippen LogP contribution >= 0.6 is 0 Å². The highest BCUT2D eigenvalue weighted by molar-refractivity contribution is 5.97. The largest absolute Gasteiger partial charge is 0.0622 e. The van der Waals surface area contributed by atoms with E-state index in [-0.39, 0.29) is 27.1 Å². The fraction of sp³-hybridized carbons (Fsp3) is 0.182. The van der Waals surface area contributed by atoms with E-state index >= 15 is 0 Å². The first-order valence-corrected chi connectivity index (χ1v) is 39.5. The Kier molecular flexibility index (Phi) is 18.7. The minimum atomic E-state index is 0.0702. The second-order valence-electron chi connectivity index (χ2n) is 33.7. The molecule has 0 nitrogen and oxygen atoms in total. The quantitative estimate of drug-likeness (QED) is 0.161. The van der Waals surface area contributed by atoms with Crippen LogP contribution in [0.2, 0.25) is 0 Å². The van der Waals surface area contributed by atoms with E-state index in [2.05, 4.69) is 438 Å². The van der Waals surface area contributed by atoms with Crippen LogP contribution in [-0.2, 0) is 27.1 Å². The predicted molar refractivity (Wildman–Crippen MR) is 471 cm³/mol. The molecule has 0 atom stereocenters. The third-order valence-corrected chi connectivity index (χ3v) is 25.0. The van der Waals surface area contributed by atoms with E-state index in [0.717, 1.165) is 0 Å². The highest BCUT2D eigenvalue weighted by Gasteiger charge is 2.42. The lowest BCUT2D eigenvalue weighted by Crippen LogP contribution is -2.16. The SMILES string of the molecule is Cc1ccc(-c2cccc3c2-c2ccccc2C3(C)C)cc1.Cc1ccc(-c2ccccc2)c2c1C(C)(C)c1ccccc1-2.Cc1cccc(-c2cccc3c2-c2ccccc2C3(C)C)c1.Cc1ccccc1-c1ccc2c(c1)C(C)(C)c1ccccc1-2.Cc1ccccc1-c1cccc2c1-c1ccccc1C2(C)C. The minimum absolute atomic E-state index is 0.0702. The standard InChI is InChI=1S/5C22H20/c1-15-8-6-9-16(14-15)17-11-7-13-20-21(17)18-10-4-5-12-19(18)22(20,2)3;1-15-9-4-5-10-16(15)17-12-8-14-20-21(17)18-11-6-7-13-19(18)22(20,2)3;1-15-8-4-5-9-17(15)16-12-13-19-18-10-6-7-11-20(18)22(2,3)21(19)14-16;1-15-11-13-16(14-12-15)17-8-6-10-20-21(17)18-7-4-5-9-19(18)22(20,2)3;1-15-13-14-17(16-9-5-4-6-10-16)20-18-11-7-8-12-19(18)22(2,3)21(15)20/h5*4-14H,1-3H3. The molecule has 5 aliphatic rings. The van der Waals surface area contributed by atoms with Gasteiger partial charge < -0.3 is 0 Å². The van der Waals surface area contributed by atoms with Gasteiger partial charge in [-0.15, -0.1) is 0 Å². The lowest BCUT2D eigenvalue weighted by atomic mass is 9.79. The van der Waals surface area contributed by atoms with E-state index in [4.69, 9.17) is 0 Å². The van der Waals surface area contributed by atoms with Crippen molar-refractivity contribution in [3.05, 3.63) is 417 Å². The van der Waals surface area contributed by atoms with Gasteiger partial charge in [-0.05, 0) is 224 Å². The van der Waals surface area contributed by atoms with Crippen LogP contribution < -0.4 is 0 Å². The number of benzene rings is 15. The molecule has 5 aliphatic carbocycles. The van der Waals surface area contributed by atoms with Crippen LogP contribution in [0.25, 0.3) is 111 Å². The van der Waals surface area contributed by atoms with Gasteiger partial charge in [-0.3, -0.25) is 0 Å². The average Bonchev–Trinajstić information content (AvgIpc) is 1.60. The fourth-order valence-corrected chi connectivity index (χ4v) is 19.2. The molecule has 110 heavy (non-hydrogen) atoms. The Balaban J connectivity index is 0.000000104. The van der Waals surface area contributed by atoms with Crippen molar-refractivity contribution in [2.24, 2.45) is 0 Å². The second kappa shape index (κ2) is 28.4. The van der Waals surface area contributed by atoms with Crippen LogP contribution in [0.3, 0.4) is 0 Å². The van der Waals surface area contributed by atoms with E-state index in [1.807, 2.05) is 0 Å². The van der Waals surface area contributed by atoms with Crippen molar-refractivity contribution in [1.29, 1.82) is 0 Å². The fourth-order valence-electron chi connectivity index (χ4n) is 19.2. The Hall–Kier alpha value is -11.7. The van der Waals surface area contributed by atoms with Crippen molar-refractivity contribution in [2.45, 2.75) is 131 Å². The highest BCUT2D eigenvalue weighted by Crippen LogP contribution is 2.57. The lowest BCUT2D eigenvalue weighted by molar-refractivity contribution is 0.656. The first-order valence-electron chi connectivity index (χ1n) is 39.5. The molecule has 0 radical (unpaired) electrons. The summed E-state index contributed by atoms with van der Waals surface area (Å²) in [6.07, 6.45) is 0. The molecule has 0 amide bonds. The molecule has 0 aromatic heterocycles. The van der Waals surface area contributed by atoms with Gasteiger partial charge in [0.05, 0.1) is 0 Å². The van der Waals surface area contributed by atoms with Crippen molar-refractivity contribution < 1.29 is 0 Å². The molecule has 0 aliphatic heterocycles. The van der Waals surface area contributed by atoms with E-state index in [9.17, 15) is 0 Å².